The van der Waals surface area contributed by atoms with Crippen molar-refractivity contribution in [3.63, 3.8) is 0 Å². The summed E-state index contributed by atoms with van der Waals surface area (Å²) in [4.78, 5) is 8.14. The number of nitrogens with zero attached hydrogens (tertiary/aromatic N) is 4. The zero-order valence-electron chi connectivity index (χ0n) is 10.4. The van der Waals surface area contributed by atoms with Gasteiger partial charge in [-0.05, 0) is 5.92 Å². The van der Waals surface area contributed by atoms with Crippen molar-refractivity contribution in [2.24, 2.45) is 13.0 Å². The second kappa shape index (κ2) is 4.69. The molecule has 0 unspecified atom stereocenters. The lowest BCUT2D eigenvalue weighted by Gasteiger charge is -2.37. The number of hydrogen-bond donors (Lipinski definition) is 0. The van der Waals surface area contributed by atoms with E-state index in [1.54, 1.807) is 29.1 Å². The fourth-order valence-corrected chi connectivity index (χ4v) is 4.39. The van der Waals surface area contributed by atoms with Gasteiger partial charge in [-0.15, -0.1) is 11.3 Å². The van der Waals surface area contributed by atoms with Crippen LogP contribution in [0.15, 0.2) is 29.1 Å². The summed E-state index contributed by atoms with van der Waals surface area (Å²) in [7, 11) is -1.65. The molecule has 8 heteroatoms. The summed E-state index contributed by atoms with van der Waals surface area (Å²) in [6.45, 7) is 1.11. The Morgan fingerprint density at radius 2 is 2.21 bits per heavy atom. The van der Waals surface area contributed by atoms with Crippen molar-refractivity contribution in [3.8, 4) is 0 Å². The Balaban J connectivity index is 1.64. The van der Waals surface area contributed by atoms with E-state index in [-0.39, 0.29) is 5.03 Å². The van der Waals surface area contributed by atoms with Crippen molar-refractivity contribution in [1.82, 2.24) is 18.8 Å². The molecule has 0 aromatic carbocycles. The van der Waals surface area contributed by atoms with Crippen LogP contribution in [-0.4, -0.2) is 40.3 Å². The first kappa shape index (κ1) is 12.8. The SMILES string of the molecule is Cn1cnc(S(=O)(=O)N2CC(Cc3nccs3)C2)c1. The van der Waals surface area contributed by atoms with Gasteiger partial charge in [0, 0.05) is 44.3 Å². The summed E-state index contributed by atoms with van der Waals surface area (Å²) in [5.74, 6) is 0.365. The Morgan fingerprint density at radius 1 is 1.42 bits per heavy atom. The smallest absolute Gasteiger partial charge is 0.262 e. The molecule has 2 aromatic heterocycles. The molecule has 102 valence electrons. The summed E-state index contributed by atoms with van der Waals surface area (Å²) >= 11 is 1.61. The van der Waals surface area contributed by atoms with Gasteiger partial charge in [-0.1, -0.05) is 0 Å². The zero-order chi connectivity index (χ0) is 13.5. The number of sulfonamides is 1. The number of thiazole rings is 1. The first-order valence-corrected chi connectivity index (χ1v) is 8.24. The van der Waals surface area contributed by atoms with E-state index in [2.05, 4.69) is 9.97 Å². The molecular weight excluding hydrogens is 284 g/mol. The predicted molar refractivity (Wildman–Crippen MR) is 71.3 cm³/mol. The van der Waals surface area contributed by atoms with Crippen LogP contribution in [0.4, 0.5) is 0 Å². The third kappa shape index (κ3) is 2.43. The van der Waals surface area contributed by atoms with E-state index in [1.807, 2.05) is 5.38 Å². The van der Waals surface area contributed by atoms with E-state index >= 15 is 0 Å². The number of aryl methyl sites for hydroxylation is 1. The first-order valence-electron chi connectivity index (χ1n) is 5.92. The second-order valence-corrected chi connectivity index (χ2v) is 7.56. The third-order valence-electron chi connectivity index (χ3n) is 3.16. The first-order chi connectivity index (χ1) is 9.05. The third-order valence-corrected chi connectivity index (χ3v) is 5.68. The number of rotatable bonds is 4. The molecule has 1 saturated heterocycles. The normalized spacial score (nSPS) is 17.5. The van der Waals surface area contributed by atoms with Gasteiger partial charge in [0.15, 0.2) is 5.03 Å². The van der Waals surface area contributed by atoms with Crippen LogP contribution >= 0.6 is 11.3 Å². The van der Waals surface area contributed by atoms with E-state index < -0.39 is 10.0 Å². The van der Waals surface area contributed by atoms with Crippen LogP contribution in [0.25, 0.3) is 0 Å². The molecule has 3 heterocycles. The Kier molecular flexibility index (Phi) is 3.15. The molecule has 0 saturated carbocycles. The maximum absolute atomic E-state index is 12.2. The molecule has 0 spiro atoms. The molecule has 1 aliphatic heterocycles. The Labute approximate surface area is 115 Å². The largest absolute Gasteiger partial charge is 0.339 e. The average Bonchev–Trinajstić information content (AvgIpc) is 2.93. The molecule has 19 heavy (non-hydrogen) atoms. The molecule has 6 nitrogen and oxygen atoms in total. The van der Waals surface area contributed by atoms with Crippen LogP contribution in [0.5, 0.6) is 0 Å². The fraction of sp³-hybridized carbons (Fsp3) is 0.455. The topological polar surface area (TPSA) is 68.1 Å². The molecule has 0 radical (unpaired) electrons. The Bertz CT molecular complexity index is 657. The highest BCUT2D eigenvalue weighted by Crippen LogP contribution is 2.27. The number of aromatic nitrogens is 3. The lowest BCUT2D eigenvalue weighted by atomic mass is 10.00. The van der Waals surface area contributed by atoms with E-state index in [4.69, 9.17) is 0 Å². The van der Waals surface area contributed by atoms with Gasteiger partial charge in [-0.3, -0.25) is 0 Å². The minimum Gasteiger partial charge on any atom is -0.339 e. The Morgan fingerprint density at radius 3 is 2.79 bits per heavy atom. The highest BCUT2D eigenvalue weighted by molar-refractivity contribution is 7.89. The minimum absolute atomic E-state index is 0.127. The van der Waals surface area contributed by atoms with E-state index in [0.717, 1.165) is 11.4 Å². The van der Waals surface area contributed by atoms with Gasteiger partial charge in [-0.2, -0.15) is 4.31 Å². The molecule has 1 fully saturated rings. The van der Waals surface area contributed by atoms with Crippen LogP contribution < -0.4 is 0 Å². The van der Waals surface area contributed by atoms with E-state index in [0.29, 0.717) is 19.0 Å². The molecule has 3 rings (SSSR count). The molecule has 0 aliphatic carbocycles. The molecule has 1 aliphatic rings. The maximum atomic E-state index is 12.2. The van der Waals surface area contributed by atoms with Crippen molar-refractivity contribution >= 4 is 21.4 Å². The van der Waals surface area contributed by atoms with E-state index in [1.165, 1.54) is 16.8 Å². The van der Waals surface area contributed by atoms with Crippen molar-refractivity contribution < 1.29 is 8.42 Å². The second-order valence-electron chi connectivity index (χ2n) is 4.70. The fourth-order valence-electron chi connectivity index (χ4n) is 2.10. The van der Waals surface area contributed by atoms with Gasteiger partial charge in [0.2, 0.25) is 0 Å². The lowest BCUT2D eigenvalue weighted by Crippen LogP contribution is -2.50. The molecule has 0 atom stereocenters. The quantitative estimate of drug-likeness (QED) is 0.835. The summed E-state index contributed by atoms with van der Waals surface area (Å²) in [5.41, 5.74) is 0. The van der Waals surface area contributed by atoms with Crippen molar-refractivity contribution in [2.75, 3.05) is 13.1 Å². The molecule has 0 N–H and O–H groups in total. The summed E-state index contributed by atoms with van der Waals surface area (Å²) in [6.07, 6.45) is 5.66. The summed E-state index contributed by atoms with van der Waals surface area (Å²) < 4.78 is 27.5. The highest BCUT2D eigenvalue weighted by atomic mass is 32.2. The van der Waals surface area contributed by atoms with Gasteiger partial charge in [0.1, 0.15) is 0 Å². The zero-order valence-corrected chi connectivity index (χ0v) is 12.1. The monoisotopic (exact) mass is 298 g/mol. The van der Waals surface area contributed by atoms with Crippen LogP contribution in [-0.2, 0) is 23.5 Å². The van der Waals surface area contributed by atoms with Gasteiger partial charge in [0.25, 0.3) is 10.0 Å². The number of imidazole rings is 1. The van der Waals surface area contributed by atoms with Gasteiger partial charge in [0.05, 0.1) is 11.3 Å². The maximum Gasteiger partial charge on any atom is 0.262 e. The van der Waals surface area contributed by atoms with Crippen LogP contribution in [0.1, 0.15) is 5.01 Å². The Hall–Kier alpha value is -1.25. The van der Waals surface area contributed by atoms with Crippen molar-refractivity contribution in [3.05, 3.63) is 29.1 Å². The van der Waals surface area contributed by atoms with Crippen molar-refractivity contribution in [1.29, 1.82) is 0 Å². The van der Waals surface area contributed by atoms with Gasteiger partial charge < -0.3 is 4.57 Å². The van der Waals surface area contributed by atoms with Gasteiger partial charge in [-0.25, -0.2) is 18.4 Å². The standard InChI is InChI=1S/C11H14N4O2S2/c1-14-7-11(13-8-14)19(16,17)15-5-9(6-15)4-10-12-2-3-18-10/h2-3,7-9H,4-6H2,1H3. The van der Waals surface area contributed by atoms with Crippen LogP contribution in [0, 0.1) is 5.92 Å². The minimum atomic E-state index is -3.41. The molecule has 2 aromatic rings. The van der Waals surface area contributed by atoms with Crippen LogP contribution in [0.3, 0.4) is 0 Å². The summed E-state index contributed by atoms with van der Waals surface area (Å²) in [6, 6.07) is 0. The van der Waals surface area contributed by atoms with Crippen LogP contribution in [0.2, 0.25) is 0 Å². The summed E-state index contributed by atoms with van der Waals surface area (Å²) in [5, 5.41) is 3.14. The lowest BCUT2D eigenvalue weighted by molar-refractivity contribution is 0.199. The van der Waals surface area contributed by atoms with Crippen molar-refractivity contribution in [2.45, 2.75) is 11.4 Å². The molecular formula is C11H14N4O2S2. The number of hydrogen-bond acceptors (Lipinski definition) is 5. The predicted octanol–water partition coefficient (Wildman–Crippen LogP) is 0.740. The van der Waals surface area contributed by atoms with E-state index in [9.17, 15) is 8.42 Å². The molecule has 0 amide bonds. The average molecular weight is 298 g/mol. The van der Waals surface area contributed by atoms with Gasteiger partial charge >= 0.3 is 0 Å². The highest BCUT2D eigenvalue weighted by Gasteiger charge is 2.37. The molecule has 0 bridgehead atoms.